The van der Waals surface area contributed by atoms with Gasteiger partial charge in [0.1, 0.15) is 0 Å². The molecule has 0 aromatic carbocycles. The standard InChI is InChI=1S/C14H24O2Si/c1-15-17(16-2,13-5-3-4-6-13)14-9-7-12(11-14)8-10-14/h7,9,12-13H,3-6,8,10-11H2,1-2H3. The molecule has 2 saturated carbocycles. The highest BCUT2D eigenvalue weighted by Crippen LogP contribution is 2.64. The van der Waals surface area contributed by atoms with Gasteiger partial charge in [0.25, 0.3) is 0 Å². The highest BCUT2D eigenvalue weighted by molar-refractivity contribution is 6.73. The van der Waals surface area contributed by atoms with Gasteiger partial charge in [0.15, 0.2) is 0 Å². The van der Waals surface area contributed by atoms with E-state index in [1.807, 2.05) is 14.2 Å². The predicted octanol–water partition coefficient (Wildman–Crippen LogP) is 3.78. The van der Waals surface area contributed by atoms with Crippen LogP contribution in [0.1, 0.15) is 44.9 Å². The van der Waals surface area contributed by atoms with E-state index < -0.39 is 8.56 Å². The molecule has 2 nitrogen and oxygen atoms in total. The minimum atomic E-state index is -2.07. The summed E-state index contributed by atoms with van der Waals surface area (Å²) in [5.74, 6) is 0.813. The third-order valence-electron chi connectivity index (χ3n) is 5.47. The molecule has 0 aromatic rings. The Kier molecular flexibility index (Phi) is 2.96. The lowest BCUT2D eigenvalue weighted by molar-refractivity contribution is 0.200. The fourth-order valence-electron chi connectivity index (χ4n) is 4.72. The van der Waals surface area contributed by atoms with Crippen molar-refractivity contribution in [3.63, 3.8) is 0 Å². The third kappa shape index (κ3) is 1.52. The van der Waals surface area contributed by atoms with E-state index >= 15 is 0 Å². The van der Waals surface area contributed by atoms with E-state index in [1.165, 1.54) is 44.9 Å². The summed E-state index contributed by atoms with van der Waals surface area (Å²) in [4.78, 5) is 0. The summed E-state index contributed by atoms with van der Waals surface area (Å²) in [5, 5.41) is 0.302. The molecule has 3 aliphatic carbocycles. The van der Waals surface area contributed by atoms with Crippen LogP contribution in [0, 0.1) is 5.92 Å². The van der Waals surface area contributed by atoms with Gasteiger partial charge in [-0.2, -0.15) is 0 Å². The van der Waals surface area contributed by atoms with Crippen LogP contribution in [0.2, 0.25) is 10.6 Å². The summed E-state index contributed by atoms with van der Waals surface area (Å²) in [6, 6.07) is 0. The van der Waals surface area contributed by atoms with Crippen LogP contribution in [0.4, 0.5) is 0 Å². The van der Waals surface area contributed by atoms with Crippen LogP contribution in [-0.4, -0.2) is 22.8 Å². The van der Waals surface area contributed by atoms with Gasteiger partial charge in [0.05, 0.1) is 0 Å². The molecule has 0 radical (unpaired) electrons. The van der Waals surface area contributed by atoms with Crippen LogP contribution in [0.5, 0.6) is 0 Å². The lowest BCUT2D eigenvalue weighted by Crippen LogP contribution is -2.53. The van der Waals surface area contributed by atoms with Gasteiger partial charge >= 0.3 is 8.56 Å². The molecule has 2 fully saturated rings. The number of hydrogen-bond donors (Lipinski definition) is 0. The maximum absolute atomic E-state index is 6.14. The van der Waals surface area contributed by atoms with Crippen LogP contribution >= 0.6 is 0 Å². The lowest BCUT2D eigenvalue weighted by Gasteiger charge is -2.45. The van der Waals surface area contributed by atoms with Crippen molar-refractivity contribution in [3.05, 3.63) is 12.2 Å². The molecule has 96 valence electrons. The molecule has 3 aliphatic rings. The smallest absolute Gasteiger partial charge is 0.351 e. The van der Waals surface area contributed by atoms with Crippen LogP contribution in [0.15, 0.2) is 12.2 Å². The summed E-state index contributed by atoms with van der Waals surface area (Å²) < 4.78 is 12.3. The van der Waals surface area contributed by atoms with E-state index in [9.17, 15) is 0 Å². The van der Waals surface area contributed by atoms with E-state index in [-0.39, 0.29) is 0 Å². The maximum Gasteiger partial charge on any atom is 0.351 e. The molecule has 0 saturated heterocycles. The van der Waals surface area contributed by atoms with Gasteiger partial charge in [-0.25, -0.2) is 0 Å². The van der Waals surface area contributed by atoms with E-state index in [2.05, 4.69) is 12.2 Å². The van der Waals surface area contributed by atoms with Crippen molar-refractivity contribution >= 4 is 8.56 Å². The Hall–Kier alpha value is -0.123. The predicted molar refractivity (Wildman–Crippen MR) is 71.2 cm³/mol. The third-order valence-corrected chi connectivity index (χ3v) is 10.3. The first-order chi connectivity index (χ1) is 8.26. The second kappa shape index (κ2) is 4.21. The minimum absolute atomic E-state index is 0.302. The molecule has 0 heterocycles. The summed E-state index contributed by atoms with van der Waals surface area (Å²) in [5.41, 5.74) is 0.721. The summed E-state index contributed by atoms with van der Waals surface area (Å²) in [6.45, 7) is 0. The molecule has 3 heteroatoms. The topological polar surface area (TPSA) is 18.5 Å². The van der Waals surface area contributed by atoms with Crippen LogP contribution in [0.25, 0.3) is 0 Å². The Labute approximate surface area is 106 Å². The lowest BCUT2D eigenvalue weighted by atomic mass is 10.1. The fraction of sp³-hybridized carbons (Fsp3) is 0.857. The van der Waals surface area contributed by atoms with Crippen LogP contribution in [-0.2, 0) is 8.85 Å². The molecule has 2 bridgehead atoms. The first-order valence-corrected chi connectivity index (χ1v) is 8.95. The Morgan fingerprint density at radius 2 is 1.82 bits per heavy atom. The molecule has 3 rings (SSSR count). The molecule has 17 heavy (non-hydrogen) atoms. The van der Waals surface area contributed by atoms with Crippen molar-refractivity contribution < 1.29 is 8.85 Å². The summed E-state index contributed by atoms with van der Waals surface area (Å²) in [7, 11) is 1.74. The van der Waals surface area contributed by atoms with Gasteiger partial charge in [-0.05, 0) is 38.0 Å². The average Bonchev–Trinajstić information content (AvgIpc) is 3.08. The summed E-state index contributed by atoms with van der Waals surface area (Å²) >= 11 is 0. The molecule has 0 amide bonds. The quantitative estimate of drug-likeness (QED) is 0.560. The number of hydrogen-bond acceptors (Lipinski definition) is 2. The Morgan fingerprint density at radius 3 is 2.24 bits per heavy atom. The number of fused-ring (bicyclic) bond motifs is 2. The van der Waals surface area contributed by atoms with Gasteiger partial charge in [-0.15, -0.1) is 0 Å². The Morgan fingerprint density at radius 1 is 1.12 bits per heavy atom. The van der Waals surface area contributed by atoms with Crippen molar-refractivity contribution in [2.24, 2.45) is 5.92 Å². The van der Waals surface area contributed by atoms with Gasteiger partial charge in [0.2, 0.25) is 0 Å². The van der Waals surface area contributed by atoms with Crippen LogP contribution < -0.4 is 0 Å². The van der Waals surface area contributed by atoms with Gasteiger partial charge in [-0.1, -0.05) is 25.0 Å². The largest absolute Gasteiger partial charge is 0.397 e. The van der Waals surface area contributed by atoms with Crippen LogP contribution in [0.3, 0.4) is 0 Å². The van der Waals surface area contributed by atoms with E-state index in [1.54, 1.807) is 0 Å². The van der Waals surface area contributed by atoms with Crippen molar-refractivity contribution in [2.75, 3.05) is 14.2 Å². The SMILES string of the molecule is CO[Si](OC)(C1CCCC1)C12C=CC(CC1)C2. The average molecular weight is 252 g/mol. The molecule has 2 atom stereocenters. The summed E-state index contributed by atoms with van der Waals surface area (Å²) in [6.07, 6.45) is 14.3. The zero-order chi connectivity index (χ0) is 11.9. The monoisotopic (exact) mass is 252 g/mol. The first-order valence-electron chi connectivity index (χ1n) is 7.06. The minimum Gasteiger partial charge on any atom is -0.397 e. The van der Waals surface area contributed by atoms with Gasteiger partial charge < -0.3 is 8.85 Å². The number of allylic oxidation sites excluding steroid dienone is 2. The van der Waals surface area contributed by atoms with Crippen molar-refractivity contribution in [3.8, 4) is 0 Å². The first kappa shape index (κ1) is 11.9. The second-order valence-corrected chi connectivity index (χ2v) is 10.0. The molecule has 0 aliphatic heterocycles. The van der Waals surface area contributed by atoms with E-state index in [0.29, 0.717) is 5.04 Å². The highest BCUT2D eigenvalue weighted by atomic mass is 28.4. The van der Waals surface area contributed by atoms with Crippen molar-refractivity contribution in [1.82, 2.24) is 0 Å². The molecule has 0 spiro atoms. The molecule has 0 N–H and O–H groups in total. The zero-order valence-corrected chi connectivity index (χ0v) is 12.1. The Balaban J connectivity index is 1.95. The zero-order valence-electron chi connectivity index (χ0n) is 11.1. The van der Waals surface area contributed by atoms with Gasteiger partial charge in [0, 0.05) is 24.8 Å². The Bertz CT molecular complexity index is 318. The fourth-order valence-corrected chi connectivity index (χ4v) is 9.71. The van der Waals surface area contributed by atoms with Crippen molar-refractivity contribution in [1.29, 1.82) is 0 Å². The highest BCUT2D eigenvalue weighted by Gasteiger charge is 2.63. The van der Waals surface area contributed by atoms with Gasteiger partial charge in [-0.3, -0.25) is 0 Å². The second-order valence-electron chi connectivity index (χ2n) is 6.08. The maximum atomic E-state index is 6.14. The molecule has 2 unspecified atom stereocenters. The van der Waals surface area contributed by atoms with Crippen molar-refractivity contribution in [2.45, 2.75) is 55.5 Å². The molecule has 0 aromatic heterocycles. The molecular formula is C14H24O2Si. The number of rotatable bonds is 4. The van der Waals surface area contributed by atoms with E-state index in [4.69, 9.17) is 8.85 Å². The molecular weight excluding hydrogens is 228 g/mol. The normalized spacial score (nSPS) is 37.2. The van der Waals surface area contributed by atoms with E-state index in [0.717, 1.165) is 11.5 Å².